The second-order valence-corrected chi connectivity index (χ2v) is 5.59. The van der Waals surface area contributed by atoms with Gasteiger partial charge in [-0.1, -0.05) is 24.0 Å². The minimum absolute atomic E-state index is 0.0643. The summed E-state index contributed by atoms with van der Waals surface area (Å²) in [4.78, 5) is 12.6. The molecule has 0 radical (unpaired) electrons. The van der Waals surface area contributed by atoms with E-state index < -0.39 is 5.97 Å². The maximum atomic E-state index is 10.5. The normalized spacial score (nSPS) is 26.4. The van der Waals surface area contributed by atoms with E-state index >= 15 is 0 Å². The molecule has 1 N–H and O–H groups in total. The Bertz CT molecular complexity index is 248. The first-order valence-electron chi connectivity index (χ1n) is 5.19. The molecule has 0 spiro atoms. The number of piperidine rings is 1. The average Bonchev–Trinajstić information content (AvgIpc) is 2.14. The molecule has 0 aliphatic carbocycles. The number of likely N-dealkylation sites (tertiary alicyclic amines) is 1. The topological polar surface area (TPSA) is 40.5 Å². The Hall–Kier alpha value is -0.290. The molecule has 1 aliphatic rings. The lowest BCUT2D eigenvalue weighted by Gasteiger charge is -2.40. The van der Waals surface area contributed by atoms with E-state index in [2.05, 4.69) is 18.7 Å². The maximum absolute atomic E-state index is 10.5. The highest BCUT2D eigenvalue weighted by Crippen LogP contribution is 2.26. The summed E-state index contributed by atoms with van der Waals surface area (Å²) in [6, 6.07) is 0.894. The van der Waals surface area contributed by atoms with Gasteiger partial charge in [-0.2, -0.15) is 0 Å². The Morgan fingerprint density at radius 2 is 2.00 bits per heavy atom. The van der Waals surface area contributed by atoms with Crippen molar-refractivity contribution < 1.29 is 9.90 Å². The van der Waals surface area contributed by atoms with Crippen molar-refractivity contribution in [3.63, 3.8) is 0 Å². The summed E-state index contributed by atoms with van der Waals surface area (Å²) in [5, 5.41) is 8.59. The molecule has 1 rings (SSSR count). The van der Waals surface area contributed by atoms with Crippen LogP contribution in [0.3, 0.4) is 0 Å². The Morgan fingerprint density at radius 1 is 1.47 bits per heavy atom. The van der Waals surface area contributed by atoms with Crippen LogP contribution in [-0.4, -0.2) is 38.1 Å². The molecule has 1 heterocycles. The Labute approximate surface area is 100 Å². The molecule has 1 fully saturated rings. The number of carboxylic acids is 1. The van der Waals surface area contributed by atoms with E-state index in [-0.39, 0.29) is 5.75 Å². The Morgan fingerprint density at radius 3 is 2.47 bits per heavy atom. The summed E-state index contributed by atoms with van der Waals surface area (Å²) in [5.74, 6) is -0.742. The standard InChI is InChI=1S/C10H17NO2S2/c1-7-4-3-5-8(2)11(7)10(14)15-6-9(12)13/h7-8H,3-6H2,1-2H3,(H,12,13)/t7-,8+. The third-order valence-corrected chi connectivity index (χ3v) is 4.14. The molecular formula is C10H17NO2S2. The molecular weight excluding hydrogens is 230 g/mol. The van der Waals surface area contributed by atoms with Crippen LogP contribution in [0.5, 0.6) is 0 Å². The first kappa shape index (κ1) is 12.8. The number of rotatable bonds is 2. The summed E-state index contributed by atoms with van der Waals surface area (Å²) in [6.45, 7) is 4.31. The predicted octanol–water partition coefficient (Wildman–Crippen LogP) is 2.35. The van der Waals surface area contributed by atoms with Crippen LogP contribution >= 0.6 is 24.0 Å². The molecule has 86 valence electrons. The largest absolute Gasteiger partial charge is 0.481 e. The summed E-state index contributed by atoms with van der Waals surface area (Å²) in [7, 11) is 0. The van der Waals surface area contributed by atoms with Crippen molar-refractivity contribution in [2.24, 2.45) is 0 Å². The van der Waals surface area contributed by atoms with Gasteiger partial charge in [0.25, 0.3) is 0 Å². The Balaban J connectivity index is 2.51. The highest BCUT2D eigenvalue weighted by atomic mass is 32.2. The molecule has 1 saturated heterocycles. The molecule has 0 aromatic heterocycles. The second-order valence-electron chi connectivity index (χ2n) is 3.98. The minimum atomic E-state index is -0.806. The highest BCUT2D eigenvalue weighted by molar-refractivity contribution is 8.23. The van der Waals surface area contributed by atoms with Gasteiger partial charge in [0, 0.05) is 12.1 Å². The van der Waals surface area contributed by atoms with Crippen LogP contribution in [0.1, 0.15) is 33.1 Å². The molecule has 0 saturated carbocycles. The lowest BCUT2D eigenvalue weighted by atomic mass is 9.99. The summed E-state index contributed by atoms with van der Waals surface area (Å²) >= 11 is 6.53. The second kappa shape index (κ2) is 5.70. The number of carboxylic acid groups (broad SMARTS) is 1. The fourth-order valence-electron chi connectivity index (χ4n) is 1.98. The number of thioether (sulfide) groups is 1. The van der Waals surface area contributed by atoms with Crippen LogP contribution < -0.4 is 0 Å². The van der Waals surface area contributed by atoms with Gasteiger partial charge in [0.15, 0.2) is 0 Å². The number of hydrogen-bond donors (Lipinski definition) is 1. The van der Waals surface area contributed by atoms with Crippen molar-refractivity contribution in [1.29, 1.82) is 0 Å². The third kappa shape index (κ3) is 3.65. The van der Waals surface area contributed by atoms with Gasteiger partial charge >= 0.3 is 5.97 Å². The summed E-state index contributed by atoms with van der Waals surface area (Å²) in [6.07, 6.45) is 3.54. The fraction of sp³-hybridized carbons (Fsp3) is 0.800. The van der Waals surface area contributed by atoms with Crippen LogP contribution in [0.4, 0.5) is 0 Å². The lowest BCUT2D eigenvalue weighted by Crippen LogP contribution is -2.45. The van der Waals surface area contributed by atoms with Crippen molar-refractivity contribution in [1.82, 2.24) is 4.90 Å². The number of nitrogens with zero attached hydrogens (tertiary/aromatic N) is 1. The van der Waals surface area contributed by atoms with Crippen molar-refractivity contribution in [3.8, 4) is 0 Å². The first-order chi connectivity index (χ1) is 7.02. The molecule has 0 aromatic rings. The van der Waals surface area contributed by atoms with E-state index in [0.29, 0.717) is 12.1 Å². The first-order valence-corrected chi connectivity index (χ1v) is 6.58. The number of thiocarbonyl (C=S) groups is 1. The van der Waals surface area contributed by atoms with E-state index in [1.54, 1.807) is 0 Å². The van der Waals surface area contributed by atoms with Crippen molar-refractivity contribution in [3.05, 3.63) is 0 Å². The van der Waals surface area contributed by atoms with Gasteiger partial charge in [0.05, 0.1) is 5.75 Å². The van der Waals surface area contributed by atoms with Crippen LogP contribution in [0.25, 0.3) is 0 Å². The Kier molecular flexibility index (Phi) is 4.86. The summed E-state index contributed by atoms with van der Waals surface area (Å²) in [5.41, 5.74) is 0. The zero-order chi connectivity index (χ0) is 11.4. The zero-order valence-corrected chi connectivity index (χ0v) is 10.7. The summed E-state index contributed by atoms with van der Waals surface area (Å²) < 4.78 is 0.733. The van der Waals surface area contributed by atoms with Crippen LogP contribution in [0, 0.1) is 0 Å². The molecule has 5 heteroatoms. The van der Waals surface area contributed by atoms with Crippen molar-refractivity contribution in [2.45, 2.75) is 45.2 Å². The third-order valence-electron chi connectivity index (χ3n) is 2.72. The number of aliphatic carboxylic acids is 1. The molecule has 0 unspecified atom stereocenters. The van der Waals surface area contributed by atoms with Gasteiger partial charge in [0.2, 0.25) is 0 Å². The van der Waals surface area contributed by atoms with Gasteiger partial charge in [-0.05, 0) is 33.1 Å². The van der Waals surface area contributed by atoms with Crippen molar-refractivity contribution in [2.75, 3.05) is 5.75 Å². The lowest BCUT2D eigenvalue weighted by molar-refractivity contribution is -0.133. The minimum Gasteiger partial charge on any atom is -0.481 e. The van der Waals surface area contributed by atoms with Gasteiger partial charge in [-0.15, -0.1) is 0 Å². The van der Waals surface area contributed by atoms with Crippen LogP contribution in [-0.2, 0) is 4.79 Å². The molecule has 15 heavy (non-hydrogen) atoms. The van der Waals surface area contributed by atoms with Gasteiger partial charge in [0.1, 0.15) is 4.32 Å². The zero-order valence-electron chi connectivity index (χ0n) is 9.10. The van der Waals surface area contributed by atoms with Crippen molar-refractivity contribution >= 4 is 34.3 Å². The molecule has 2 atom stereocenters. The monoisotopic (exact) mass is 247 g/mol. The molecule has 1 aliphatic heterocycles. The highest BCUT2D eigenvalue weighted by Gasteiger charge is 2.26. The van der Waals surface area contributed by atoms with Gasteiger partial charge < -0.3 is 10.0 Å². The van der Waals surface area contributed by atoms with Gasteiger partial charge in [-0.3, -0.25) is 4.79 Å². The van der Waals surface area contributed by atoms with E-state index in [1.165, 1.54) is 18.2 Å². The van der Waals surface area contributed by atoms with Crippen LogP contribution in [0.2, 0.25) is 0 Å². The maximum Gasteiger partial charge on any atom is 0.313 e. The molecule has 3 nitrogen and oxygen atoms in total. The quantitative estimate of drug-likeness (QED) is 0.759. The van der Waals surface area contributed by atoms with Crippen LogP contribution in [0.15, 0.2) is 0 Å². The number of carbonyl (C=O) groups is 1. The smallest absolute Gasteiger partial charge is 0.313 e. The number of hydrogen-bond acceptors (Lipinski definition) is 3. The molecule has 0 aromatic carbocycles. The van der Waals surface area contributed by atoms with E-state index in [9.17, 15) is 4.79 Å². The molecule has 0 bridgehead atoms. The fourth-order valence-corrected chi connectivity index (χ4v) is 3.27. The van der Waals surface area contributed by atoms with E-state index in [0.717, 1.165) is 17.2 Å². The SMILES string of the molecule is C[C@@H]1CCC[C@H](C)N1C(=S)SCC(=O)O. The van der Waals surface area contributed by atoms with E-state index in [4.69, 9.17) is 17.3 Å². The average molecular weight is 247 g/mol. The van der Waals surface area contributed by atoms with E-state index in [1.807, 2.05) is 0 Å². The predicted molar refractivity (Wildman–Crippen MR) is 67.3 cm³/mol. The molecule has 0 amide bonds. The van der Waals surface area contributed by atoms with Gasteiger partial charge in [-0.25, -0.2) is 0 Å².